The summed E-state index contributed by atoms with van der Waals surface area (Å²) in [5.74, 6) is -1.46. The van der Waals surface area contributed by atoms with Crippen molar-refractivity contribution in [2.45, 2.75) is 32.7 Å². The molecule has 24 heavy (non-hydrogen) atoms. The van der Waals surface area contributed by atoms with E-state index < -0.39 is 11.6 Å². The van der Waals surface area contributed by atoms with Crippen molar-refractivity contribution in [2.75, 3.05) is 26.2 Å². The third-order valence-corrected chi connectivity index (χ3v) is 5.23. The van der Waals surface area contributed by atoms with Crippen LogP contribution in [0.4, 0.5) is 8.78 Å². The molecule has 2 saturated heterocycles. The minimum Gasteiger partial charge on any atom is -0.339 e. The van der Waals surface area contributed by atoms with Gasteiger partial charge in [-0.25, -0.2) is 8.78 Å². The van der Waals surface area contributed by atoms with Crippen LogP contribution in [0.15, 0.2) is 30.4 Å². The zero-order valence-electron chi connectivity index (χ0n) is 14.1. The molecule has 0 unspecified atom stereocenters. The number of carbonyl (C=O) groups is 1. The molecule has 0 aliphatic carbocycles. The minimum atomic E-state index is -0.789. The van der Waals surface area contributed by atoms with E-state index in [9.17, 15) is 13.6 Å². The highest BCUT2D eigenvalue weighted by Crippen LogP contribution is 2.39. The molecular weight excluding hydrogens is 310 g/mol. The molecule has 0 radical (unpaired) electrons. The van der Waals surface area contributed by atoms with E-state index in [1.54, 1.807) is 24.3 Å². The number of nitrogens with zero attached hydrogens (tertiary/aromatic N) is 2. The number of hydrogen-bond acceptors (Lipinski definition) is 2. The van der Waals surface area contributed by atoms with Crippen LogP contribution in [0.25, 0.3) is 0 Å². The van der Waals surface area contributed by atoms with Crippen LogP contribution in [-0.2, 0) is 11.3 Å². The van der Waals surface area contributed by atoms with Gasteiger partial charge in [0.25, 0.3) is 0 Å². The van der Waals surface area contributed by atoms with E-state index in [4.69, 9.17) is 0 Å². The first-order chi connectivity index (χ1) is 11.5. The second kappa shape index (κ2) is 7.01. The average molecular weight is 334 g/mol. The summed E-state index contributed by atoms with van der Waals surface area (Å²) in [7, 11) is 0. The molecule has 1 aromatic carbocycles. The molecule has 1 aromatic rings. The van der Waals surface area contributed by atoms with Gasteiger partial charge < -0.3 is 4.90 Å². The van der Waals surface area contributed by atoms with E-state index in [0.29, 0.717) is 12.1 Å². The zero-order valence-corrected chi connectivity index (χ0v) is 14.1. The molecule has 0 bridgehead atoms. The summed E-state index contributed by atoms with van der Waals surface area (Å²) in [6.07, 6.45) is 6.49. The predicted molar refractivity (Wildman–Crippen MR) is 89.3 cm³/mol. The Labute approximate surface area is 141 Å². The van der Waals surface area contributed by atoms with Crippen molar-refractivity contribution in [1.29, 1.82) is 0 Å². The lowest BCUT2D eigenvalue weighted by Gasteiger charge is -2.40. The predicted octanol–water partition coefficient (Wildman–Crippen LogP) is 3.36. The van der Waals surface area contributed by atoms with Gasteiger partial charge in [0, 0.05) is 37.2 Å². The lowest BCUT2D eigenvalue weighted by molar-refractivity contribution is -0.125. The van der Waals surface area contributed by atoms with Gasteiger partial charge in [-0.2, -0.15) is 0 Å². The molecule has 0 saturated carbocycles. The summed E-state index contributed by atoms with van der Waals surface area (Å²) < 4.78 is 27.3. The first kappa shape index (κ1) is 17.1. The molecule has 3 nitrogen and oxygen atoms in total. The van der Waals surface area contributed by atoms with Crippen molar-refractivity contribution in [3.8, 4) is 0 Å². The first-order valence-electron chi connectivity index (χ1n) is 8.60. The van der Waals surface area contributed by atoms with Gasteiger partial charge >= 0.3 is 0 Å². The molecule has 0 N–H and O–H groups in total. The molecule has 2 aliphatic rings. The third kappa shape index (κ3) is 3.51. The Hall–Kier alpha value is -1.75. The molecule has 3 rings (SSSR count). The van der Waals surface area contributed by atoms with Crippen LogP contribution >= 0.6 is 0 Å². The van der Waals surface area contributed by atoms with Crippen LogP contribution in [0.3, 0.4) is 0 Å². The topological polar surface area (TPSA) is 23.6 Å². The number of piperidine rings is 1. The molecule has 1 atom stereocenters. The number of benzene rings is 1. The quantitative estimate of drug-likeness (QED) is 0.792. The van der Waals surface area contributed by atoms with Crippen LogP contribution in [0.2, 0.25) is 0 Å². The average Bonchev–Trinajstić information content (AvgIpc) is 2.96. The van der Waals surface area contributed by atoms with Crippen molar-refractivity contribution in [1.82, 2.24) is 9.80 Å². The largest absolute Gasteiger partial charge is 0.339 e. The van der Waals surface area contributed by atoms with Gasteiger partial charge in [-0.1, -0.05) is 18.2 Å². The van der Waals surface area contributed by atoms with Crippen LogP contribution in [0.1, 0.15) is 31.7 Å². The standard InChI is InChI=1S/C19H24F2N2O/c1-2-5-17(24)23-11-9-19(14-23)8-4-10-22(13-19)12-15-6-3-7-16(20)18(15)21/h2-3,5-7H,4,8-14H2,1H3/b5-2+/t19-/m0/s1. The Kier molecular flexibility index (Phi) is 4.99. The maximum absolute atomic E-state index is 13.9. The molecular formula is C19H24F2N2O. The number of halogens is 2. The molecule has 130 valence electrons. The normalized spacial score (nSPS) is 25.0. The van der Waals surface area contributed by atoms with Crippen molar-refractivity contribution in [3.05, 3.63) is 47.5 Å². The molecule has 2 heterocycles. The van der Waals surface area contributed by atoms with E-state index in [0.717, 1.165) is 51.5 Å². The first-order valence-corrected chi connectivity index (χ1v) is 8.60. The molecule has 1 spiro atoms. The Balaban J connectivity index is 1.67. The van der Waals surface area contributed by atoms with Gasteiger partial charge in [0.15, 0.2) is 11.6 Å². The fraction of sp³-hybridized carbons (Fsp3) is 0.526. The maximum Gasteiger partial charge on any atom is 0.246 e. The summed E-state index contributed by atoms with van der Waals surface area (Å²) in [6, 6.07) is 4.36. The zero-order chi connectivity index (χ0) is 17.2. The van der Waals surface area contributed by atoms with Gasteiger partial charge in [-0.15, -0.1) is 0 Å². The van der Waals surface area contributed by atoms with E-state index in [1.807, 2.05) is 11.8 Å². The van der Waals surface area contributed by atoms with Crippen LogP contribution in [0.5, 0.6) is 0 Å². The third-order valence-electron chi connectivity index (χ3n) is 5.23. The fourth-order valence-electron chi connectivity index (χ4n) is 4.06. The lowest BCUT2D eigenvalue weighted by Crippen LogP contribution is -2.45. The summed E-state index contributed by atoms with van der Waals surface area (Å²) in [5, 5.41) is 0. The number of rotatable bonds is 3. The number of allylic oxidation sites excluding steroid dienone is 1. The fourth-order valence-corrected chi connectivity index (χ4v) is 4.06. The second-order valence-corrected chi connectivity index (χ2v) is 7.04. The van der Waals surface area contributed by atoms with Crippen molar-refractivity contribution in [2.24, 2.45) is 5.41 Å². The highest BCUT2D eigenvalue weighted by Gasteiger charge is 2.42. The van der Waals surface area contributed by atoms with Crippen molar-refractivity contribution in [3.63, 3.8) is 0 Å². The second-order valence-electron chi connectivity index (χ2n) is 7.04. The summed E-state index contributed by atoms with van der Waals surface area (Å²) >= 11 is 0. The highest BCUT2D eigenvalue weighted by molar-refractivity contribution is 5.87. The van der Waals surface area contributed by atoms with Gasteiger partial charge in [0.1, 0.15) is 0 Å². The Morgan fingerprint density at radius 1 is 1.25 bits per heavy atom. The van der Waals surface area contributed by atoms with Crippen LogP contribution < -0.4 is 0 Å². The van der Waals surface area contributed by atoms with Gasteiger partial charge in [-0.3, -0.25) is 9.69 Å². The Morgan fingerprint density at radius 2 is 2.08 bits per heavy atom. The lowest BCUT2D eigenvalue weighted by atomic mass is 9.79. The smallest absolute Gasteiger partial charge is 0.246 e. The number of carbonyl (C=O) groups excluding carboxylic acids is 1. The van der Waals surface area contributed by atoms with E-state index >= 15 is 0 Å². The summed E-state index contributed by atoms with van der Waals surface area (Å²) in [6.45, 7) is 5.54. The van der Waals surface area contributed by atoms with E-state index in [1.165, 1.54) is 0 Å². The monoisotopic (exact) mass is 334 g/mol. The number of likely N-dealkylation sites (tertiary alicyclic amines) is 2. The van der Waals surface area contributed by atoms with Crippen LogP contribution in [-0.4, -0.2) is 41.9 Å². The van der Waals surface area contributed by atoms with Crippen molar-refractivity contribution < 1.29 is 13.6 Å². The SMILES string of the molecule is C/C=C/C(=O)N1CC[C@]2(CCCN(Cc3cccc(F)c3F)C2)C1. The summed E-state index contributed by atoms with van der Waals surface area (Å²) in [4.78, 5) is 16.2. The van der Waals surface area contributed by atoms with E-state index in [-0.39, 0.29) is 11.3 Å². The van der Waals surface area contributed by atoms with Gasteiger partial charge in [0.2, 0.25) is 5.91 Å². The molecule has 5 heteroatoms. The Morgan fingerprint density at radius 3 is 2.88 bits per heavy atom. The molecule has 1 amide bonds. The van der Waals surface area contributed by atoms with E-state index in [2.05, 4.69) is 4.90 Å². The van der Waals surface area contributed by atoms with Gasteiger partial charge in [0.05, 0.1) is 0 Å². The maximum atomic E-state index is 13.9. The molecule has 0 aromatic heterocycles. The molecule has 2 fully saturated rings. The van der Waals surface area contributed by atoms with Crippen molar-refractivity contribution >= 4 is 5.91 Å². The number of amides is 1. The molecule has 2 aliphatic heterocycles. The summed E-state index contributed by atoms with van der Waals surface area (Å²) in [5.41, 5.74) is 0.506. The Bertz CT molecular complexity index is 646. The minimum absolute atomic E-state index is 0.0719. The number of hydrogen-bond donors (Lipinski definition) is 0. The van der Waals surface area contributed by atoms with Gasteiger partial charge in [-0.05, 0) is 44.9 Å². The highest BCUT2D eigenvalue weighted by atomic mass is 19.2. The van der Waals surface area contributed by atoms with Crippen LogP contribution in [0, 0.1) is 17.0 Å².